The van der Waals surface area contributed by atoms with Gasteiger partial charge in [0, 0.05) is 35.4 Å². The highest BCUT2D eigenvalue weighted by Gasteiger charge is 2.26. The summed E-state index contributed by atoms with van der Waals surface area (Å²) in [4.78, 5) is 0. The molecule has 6 aromatic carbocycles. The number of hydrogen-bond donors (Lipinski definition) is 0. The van der Waals surface area contributed by atoms with E-state index in [0.29, 0.717) is 0 Å². The van der Waals surface area contributed by atoms with E-state index in [1.54, 1.807) is 0 Å². The lowest BCUT2D eigenvalue weighted by atomic mass is 9.82. The first-order valence-electron chi connectivity index (χ1n) is 14.4. The van der Waals surface area contributed by atoms with Crippen LogP contribution >= 0.6 is 0 Å². The fraction of sp³-hybridized carbons (Fsp3) is 0.0500. The van der Waals surface area contributed by atoms with E-state index in [-0.39, 0.29) is 0 Å². The highest BCUT2D eigenvalue weighted by Crippen LogP contribution is 2.48. The lowest BCUT2D eigenvalue weighted by Gasteiger charge is -2.20. The van der Waals surface area contributed by atoms with Crippen LogP contribution in [0.25, 0.3) is 77.3 Å². The largest absolute Gasteiger partial charge is 0.361 e. The summed E-state index contributed by atoms with van der Waals surface area (Å²) in [7, 11) is 0. The summed E-state index contributed by atoms with van der Waals surface area (Å²) in [6.45, 7) is 4.45. The Hall–Kier alpha value is -5.34. The predicted octanol–water partition coefficient (Wildman–Crippen LogP) is 11.7. The molecule has 8 rings (SSSR count). The number of rotatable bonds is 3. The molecule has 0 radical (unpaired) electrons. The molecular formula is C40H28O2+2. The summed E-state index contributed by atoms with van der Waals surface area (Å²) in [5, 5.41) is 4.42. The lowest BCUT2D eigenvalue weighted by Crippen LogP contribution is -1.97. The van der Waals surface area contributed by atoms with Crippen LogP contribution in [-0.4, -0.2) is 0 Å². The van der Waals surface area contributed by atoms with E-state index in [1.807, 2.05) is 24.3 Å². The van der Waals surface area contributed by atoms with Crippen LogP contribution in [0.2, 0.25) is 0 Å². The van der Waals surface area contributed by atoms with Gasteiger partial charge in [-0.2, -0.15) is 0 Å². The Kier molecular flexibility index (Phi) is 5.61. The van der Waals surface area contributed by atoms with E-state index in [4.69, 9.17) is 8.83 Å². The summed E-state index contributed by atoms with van der Waals surface area (Å²) < 4.78 is 12.8. The van der Waals surface area contributed by atoms with Gasteiger partial charge in [-0.1, -0.05) is 84.9 Å². The maximum atomic E-state index is 6.39. The minimum absolute atomic E-state index is 0.880. The molecule has 0 saturated heterocycles. The molecule has 0 fully saturated rings. The Balaban J connectivity index is 1.54. The first kappa shape index (κ1) is 24.5. The average molecular weight is 541 g/mol. The number of aryl methyl sites for hydroxylation is 2. The Morgan fingerprint density at radius 2 is 0.619 bits per heavy atom. The van der Waals surface area contributed by atoms with Gasteiger partial charge in [-0.3, -0.25) is 0 Å². The van der Waals surface area contributed by atoms with Crippen LogP contribution in [0, 0.1) is 13.8 Å². The van der Waals surface area contributed by atoms with Crippen LogP contribution in [0.3, 0.4) is 0 Å². The van der Waals surface area contributed by atoms with Crippen LogP contribution in [-0.2, 0) is 0 Å². The van der Waals surface area contributed by atoms with Crippen molar-refractivity contribution in [3.05, 3.63) is 145 Å². The first-order chi connectivity index (χ1) is 20.7. The molecule has 0 bridgehead atoms. The van der Waals surface area contributed by atoms with Crippen molar-refractivity contribution in [2.45, 2.75) is 13.8 Å². The zero-order valence-electron chi connectivity index (χ0n) is 23.5. The van der Waals surface area contributed by atoms with Crippen molar-refractivity contribution in [1.29, 1.82) is 0 Å². The monoisotopic (exact) mass is 540 g/mol. The van der Waals surface area contributed by atoms with Crippen LogP contribution in [0.4, 0.5) is 0 Å². The topological polar surface area (TPSA) is 22.6 Å². The zero-order chi connectivity index (χ0) is 28.2. The van der Waals surface area contributed by atoms with Crippen molar-refractivity contribution in [2.24, 2.45) is 0 Å². The molecule has 2 aromatic heterocycles. The van der Waals surface area contributed by atoms with E-state index in [2.05, 4.69) is 123 Å². The molecule has 0 amide bonds. The fourth-order valence-corrected chi connectivity index (χ4v) is 6.57. The third-order valence-corrected chi connectivity index (χ3v) is 8.40. The van der Waals surface area contributed by atoms with Crippen LogP contribution in [0.1, 0.15) is 11.1 Å². The second kappa shape index (κ2) is 9.64. The quantitative estimate of drug-likeness (QED) is 0.164. The highest BCUT2D eigenvalue weighted by molar-refractivity contribution is 6.15. The van der Waals surface area contributed by atoms with Crippen molar-refractivity contribution in [3.63, 3.8) is 0 Å². The zero-order valence-corrected chi connectivity index (χ0v) is 23.5. The maximum Gasteiger partial charge on any atom is 0.361 e. The molecule has 2 heteroatoms. The van der Waals surface area contributed by atoms with Gasteiger partial charge in [0.1, 0.15) is 0 Å². The normalized spacial score (nSPS) is 11.6. The minimum atomic E-state index is 0.880. The number of benzene rings is 6. The van der Waals surface area contributed by atoms with Crippen molar-refractivity contribution >= 4 is 43.9 Å². The number of hydrogen-bond acceptors (Lipinski definition) is 0. The third kappa shape index (κ3) is 3.73. The van der Waals surface area contributed by atoms with Gasteiger partial charge >= 0.3 is 22.3 Å². The Morgan fingerprint density at radius 1 is 0.310 bits per heavy atom. The van der Waals surface area contributed by atoms with Gasteiger partial charge in [-0.15, -0.1) is 0 Å². The molecule has 8 aromatic rings. The van der Waals surface area contributed by atoms with E-state index >= 15 is 0 Å². The van der Waals surface area contributed by atoms with E-state index in [9.17, 15) is 0 Å². The predicted molar refractivity (Wildman–Crippen MR) is 176 cm³/mol. The Labute approximate surface area is 244 Å². The van der Waals surface area contributed by atoms with E-state index in [0.717, 1.165) is 43.9 Å². The van der Waals surface area contributed by atoms with Crippen molar-refractivity contribution in [1.82, 2.24) is 0 Å². The molecule has 0 N–H and O–H groups in total. The van der Waals surface area contributed by atoms with Gasteiger partial charge in [0.2, 0.25) is 0 Å². The third-order valence-electron chi connectivity index (χ3n) is 8.40. The molecule has 0 spiro atoms. The number of fused-ring (bicyclic) bond motifs is 4. The fourth-order valence-electron chi connectivity index (χ4n) is 6.57. The molecular weight excluding hydrogens is 512 g/mol. The molecule has 0 unspecified atom stereocenters. The molecule has 0 aliphatic carbocycles. The maximum absolute atomic E-state index is 6.39. The standard InChI is InChI=1S/C40H28O2/c1-25-13-11-19-31(39-27-15-3-7-21-33(27)41-34-22-8-4-16-28(34)39)37(25)38-26(2)14-12-20-32(38)40-29-17-5-9-23-35(29)42-36-24-10-6-18-30(36)40/h3-24H,1-2H3/q+2. The van der Waals surface area contributed by atoms with Gasteiger partial charge in [0.05, 0.1) is 21.5 Å². The Bertz CT molecular complexity index is 2060. The lowest BCUT2D eigenvalue weighted by molar-refractivity contribution is 0.660. The summed E-state index contributed by atoms with van der Waals surface area (Å²) in [5.74, 6) is 0. The molecule has 0 aliphatic heterocycles. The van der Waals surface area contributed by atoms with Gasteiger partial charge in [0.25, 0.3) is 0 Å². The molecule has 42 heavy (non-hydrogen) atoms. The molecule has 2 heterocycles. The molecule has 0 atom stereocenters. The second-order valence-electron chi connectivity index (χ2n) is 10.9. The molecule has 198 valence electrons. The van der Waals surface area contributed by atoms with Gasteiger partial charge in [-0.05, 0) is 71.5 Å². The highest BCUT2D eigenvalue weighted by atomic mass is 16.3. The molecule has 2 nitrogen and oxygen atoms in total. The minimum Gasteiger partial charge on any atom is -0.207 e. The average Bonchev–Trinajstić information content (AvgIpc) is 3.02. The summed E-state index contributed by atoms with van der Waals surface area (Å²) >= 11 is 0. The van der Waals surface area contributed by atoms with Crippen LogP contribution < -0.4 is 0 Å². The van der Waals surface area contributed by atoms with Crippen molar-refractivity contribution in [2.75, 3.05) is 0 Å². The van der Waals surface area contributed by atoms with Gasteiger partial charge in [-0.25, -0.2) is 8.83 Å². The first-order valence-corrected chi connectivity index (χ1v) is 14.4. The van der Waals surface area contributed by atoms with E-state index in [1.165, 1.54) is 44.5 Å². The number of para-hydroxylation sites is 4. The SMILES string of the molecule is Cc1cccc(-c2c3ccccc3[o+]c3ccccc23)c1-c1c(C)cccc1-c1c2ccccc2[o+]c2ccccc12. The van der Waals surface area contributed by atoms with Crippen molar-refractivity contribution < 1.29 is 8.83 Å². The van der Waals surface area contributed by atoms with Crippen LogP contribution in [0.15, 0.2) is 142 Å². The smallest absolute Gasteiger partial charge is 0.207 e. The van der Waals surface area contributed by atoms with Gasteiger partial charge in [0.15, 0.2) is 0 Å². The van der Waals surface area contributed by atoms with Gasteiger partial charge < -0.3 is 0 Å². The summed E-state index contributed by atoms with van der Waals surface area (Å²) in [6.07, 6.45) is 0. The van der Waals surface area contributed by atoms with E-state index < -0.39 is 0 Å². The Morgan fingerprint density at radius 3 is 0.952 bits per heavy atom. The second-order valence-corrected chi connectivity index (χ2v) is 10.9. The summed E-state index contributed by atoms with van der Waals surface area (Å²) in [6, 6.07) is 46.8. The molecule has 0 aliphatic rings. The van der Waals surface area contributed by atoms with Crippen LogP contribution in [0.5, 0.6) is 0 Å². The van der Waals surface area contributed by atoms with Crippen molar-refractivity contribution in [3.8, 4) is 33.4 Å². The summed E-state index contributed by atoms with van der Waals surface area (Å²) in [5.41, 5.74) is 13.2. The molecule has 0 saturated carbocycles.